The van der Waals surface area contributed by atoms with Gasteiger partial charge in [0.25, 0.3) is 0 Å². The van der Waals surface area contributed by atoms with Gasteiger partial charge in [-0.2, -0.15) is 0 Å². The van der Waals surface area contributed by atoms with E-state index in [4.69, 9.17) is 14.0 Å². The van der Waals surface area contributed by atoms with Crippen LogP contribution in [0.25, 0.3) is 0 Å². The number of rotatable bonds is 12. The Morgan fingerprint density at radius 2 is 1.76 bits per heavy atom. The lowest BCUT2D eigenvalue weighted by molar-refractivity contribution is -0.155. The largest absolute Gasteiger partial charge is 0.460 e. The minimum Gasteiger partial charge on any atom is -0.460 e. The Labute approximate surface area is 223 Å². The molecular formula is C32H47NO4. The van der Waals surface area contributed by atoms with Gasteiger partial charge in [0.15, 0.2) is 0 Å². The molecule has 5 heteroatoms. The first kappa shape index (κ1) is 27.9. The van der Waals surface area contributed by atoms with Crippen molar-refractivity contribution in [2.24, 2.45) is 11.3 Å². The van der Waals surface area contributed by atoms with E-state index in [1.807, 2.05) is 39.0 Å². The van der Waals surface area contributed by atoms with Gasteiger partial charge in [-0.1, -0.05) is 56.3 Å². The number of esters is 1. The highest BCUT2D eigenvalue weighted by atomic mass is 16.6. The summed E-state index contributed by atoms with van der Waals surface area (Å²) in [6, 6.07) is 10.2. The SMILES string of the molecule is CC(C)(C)CC1CC(c2onc([C@@H](CCCOCc3ccccc3)CC(=O)OC(C)(C)C)c2C2CC2)C1. The fraction of sp³-hybridized carbons (Fsp3) is 0.688. The average molecular weight is 510 g/mol. The van der Waals surface area contributed by atoms with Gasteiger partial charge < -0.3 is 14.0 Å². The van der Waals surface area contributed by atoms with Crippen LogP contribution in [0.1, 0.15) is 133 Å². The third kappa shape index (κ3) is 8.43. The van der Waals surface area contributed by atoms with Crippen molar-refractivity contribution >= 4 is 5.97 Å². The van der Waals surface area contributed by atoms with Gasteiger partial charge in [0.2, 0.25) is 0 Å². The van der Waals surface area contributed by atoms with Crippen LogP contribution < -0.4 is 0 Å². The molecule has 1 heterocycles. The fourth-order valence-electron chi connectivity index (χ4n) is 5.79. The van der Waals surface area contributed by atoms with Crippen molar-refractivity contribution in [3.05, 3.63) is 52.9 Å². The van der Waals surface area contributed by atoms with E-state index >= 15 is 0 Å². The molecule has 1 aromatic heterocycles. The van der Waals surface area contributed by atoms with Crippen LogP contribution >= 0.6 is 0 Å². The van der Waals surface area contributed by atoms with E-state index in [1.54, 1.807) is 0 Å². The molecule has 0 unspecified atom stereocenters. The second-order valence-corrected chi connectivity index (χ2v) is 13.6. The van der Waals surface area contributed by atoms with Gasteiger partial charge in [0, 0.05) is 24.0 Å². The number of ether oxygens (including phenoxy) is 2. The van der Waals surface area contributed by atoms with Crippen molar-refractivity contribution < 1.29 is 18.8 Å². The first-order valence-electron chi connectivity index (χ1n) is 14.3. The van der Waals surface area contributed by atoms with Gasteiger partial charge in [-0.25, -0.2) is 0 Å². The lowest BCUT2D eigenvalue weighted by Gasteiger charge is -2.38. The number of aromatic nitrogens is 1. The zero-order valence-electron chi connectivity index (χ0n) is 23.8. The van der Waals surface area contributed by atoms with Gasteiger partial charge in [-0.15, -0.1) is 0 Å². The summed E-state index contributed by atoms with van der Waals surface area (Å²) >= 11 is 0. The zero-order chi connectivity index (χ0) is 26.6. The predicted octanol–water partition coefficient (Wildman–Crippen LogP) is 8.29. The summed E-state index contributed by atoms with van der Waals surface area (Å²) in [4.78, 5) is 12.9. The van der Waals surface area contributed by atoms with Crippen LogP contribution in [0.15, 0.2) is 34.9 Å². The van der Waals surface area contributed by atoms with Crippen molar-refractivity contribution in [2.45, 2.75) is 123 Å². The number of hydrogen-bond donors (Lipinski definition) is 0. The maximum absolute atomic E-state index is 12.9. The standard InChI is InChI=1S/C32H47NO4/c1-31(2,3)20-23-17-26(18-23)30-28(24-14-15-24)29(33-37-30)25(19-27(34)36-32(4,5)6)13-10-16-35-21-22-11-8-7-9-12-22/h7-9,11-12,23-26H,10,13-21H2,1-6H3/t23?,25-,26?/m0/s1. The Hall–Kier alpha value is -2.14. The van der Waals surface area contributed by atoms with Crippen LogP contribution in [0.4, 0.5) is 0 Å². The molecule has 2 fully saturated rings. The minimum absolute atomic E-state index is 0.00581. The summed E-state index contributed by atoms with van der Waals surface area (Å²) in [5.74, 6) is 2.72. The highest BCUT2D eigenvalue weighted by molar-refractivity contribution is 5.71. The molecule has 0 amide bonds. The second kappa shape index (κ2) is 11.7. The molecule has 0 bridgehead atoms. The smallest absolute Gasteiger partial charge is 0.306 e. The van der Waals surface area contributed by atoms with Crippen LogP contribution in [0.2, 0.25) is 0 Å². The minimum atomic E-state index is -0.497. The third-order valence-electron chi connectivity index (χ3n) is 7.45. The summed E-state index contributed by atoms with van der Waals surface area (Å²) in [5.41, 5.74) is 3.37. The average Bonchev–Trinajstić information content (AvgIpc) is 3.52. The molecule has 1 atom stereocenters. The Kier molecular flexibility index (Phi) is 8.83. The third-order valence-corrected chi connectivity index (χ3v) is 7.45. The maximum atomic E-state index is 12.9. The Morgan fingerprint density at radius 1 is 1.05 bits per heavy atom. The summed E-state index contributed by atoms with van der Waals surface area (Å²) in [7, 11) is 0. The van der Waals surface area contributed by atoms with E-state index in [0.717, 1.165) is 30.2 Å². The molecule has 0 spiro atoms. The van der Waals surface area contributed by atoms with Crippen LogP contribution in [0.3, 0.4) is 0 Å². The maximum Gasteiger partial charge on any atom is 0.306 e. The molecule has 0 aliphatic heterocycles. The van der Waals surface area contributed by atoms with Crippen LogP contribution in [-0.2, 0) is 20.9 Å². The molecule has 4 rings (SSSR count). The van der Waals surface area contributed by atoms with E-state index < -0.39 is 5.60 Å². The Bertz CT molecular complexity index is 1000. The molecule has 2 aliphatic carbocycles. The summed E-state index contributed by atoms with van der Waals surface area (Å²) < 4.78 is 17.7. The van der Waals surface area contributed by atoms with Crippen molar-refractivity contribution in [3.63, 3.8) is 0 Å². The molecule has 0 saturated heterocycles. The van der Waals surface area contributed by atoms with Crippen molar-refractivity contribution in [2.75, 3.05) is 6.61 Å². The Morgan fingerprint density at radius 3 is 2.38 bits per heavy atom. The van der Waals surface area contributed by atoms with E-state index in [2.05, 4.69) is 38.1 Å². The molecule has 204 valence electrons. The zero-order valence-corrected chi connectivity index (χ0v) is 23.8. The van der Waals surface area contributed by atoms with E-state index in [0.29, 0.717) is 36.9 Å². The lowest BCUT2D eigenvalue weighted by Crippen LogP contribution is -2.26. The molecule has 0 N–H and O–H groups in total. The van der Waals surface area contributed by atoms with Gasteiger partial charge in [-0.05, 0) is 88.5 Å². The molecular weight excluding hydrogens is 462 g/mol. The summed E-state index contributed by atoms with van der Waals surface area (Å²) in [5, 5.41) is 4.65. The fourth-order valence-corrected chi connectivity index (χ4v) is 5.79. The summed E-state index contributed by atoms with van der Waals surface area (Å²) in [6.07, 6.45) is 8.05. The van der Waals surface area contributed by atoms with Crippen molar-refractivity contribution in [1.29, 1.82) is 0 Å². The quantitative estimate of drug-likeness (QED) is 0.213. The predicted molar refractivity (Wildman–Crippen MR) is 147 cm³/mol. The first-order chi connectivity index (χ1) is 17.5. The van der Waals surface area contributed by atoms with E-state index in [9.17, 15) is 4.79 Å². The second-order valence-electron chi connectivity index (χ2n) is 13.6. The monoisotopic (exact) mass is 509 g/mol. The highest BCUT2D eigenvalue weighted by Crippen LogP contribution is 2.53. The van der Waals surface area contributed by atoms with Crippen molar-refractivity contribution in [1.82, 2.24) is 5.16 Å². The number of benzene rings is 1. The topological polar surface area (TPSA) is 61.6 Å². The molecule has 2 aliphatic rings. The molecule has 1 aromatic carbocycles. The molecule has 37 heavy (non-hydrogen) atoms. The van der Waals surface area contributed by atoms with Gasteiger partial charge in [0.05, 0.1) is 18.7 Å². The molecule has 5 nitrogen and oxygen atoms in total. The Balaban J connectivity index is 1.43. The molecule has 2 aromatic rings. The number of hydrogen-bond acceptors (Lipinski definition) is 5. The van der Waals surface area contributed by atoms with Gasteiger partial charge in [-0.3, -0.25) is 4.79 Å². The van der Waals surface area contributed by atoms with E-state index in [1.165, 1.54) is 43.2 Å². The number of carbonyl (C=O) groups is 1. The van der Waals surface area contributed by atoms with Crippen LogP contribution in [0.5, 0.6) is 0 Å². The highest BCUT2D eigenvalue weighted by Gasteiger charge is 2.42. The van der Waals surface area contributed by atoms with Crippen LogP contribution in [-0.4, -0.2) is 23.3 Å². The number of carbonyl (C=O) groups excluding carboxylic acids is 1. The molecule has 2 saturated carbocycles. The normalized spacial score (nSPS) is 20.9. The van der Waals surface area contributed by atoms with Gasteiger partial charge in [0.1, 0.15) is 11.4 Å². The van der Waals surface area contributed by atoms with Gasteiger partial charge >= 0.3 is 5.97 Å². The first-order valence-corrected chi connectivity index (χ1v) is 14.3. The number of nitrogens with zero attached hydrogens (tertiary/aromatic N) is 1. The molecule has 0 radical (unpaired) electrons. The lowest BCUT2D eigenvalue weighted by atomic mass is 9.66. The summed E-state index contributed by atoms with van der Waals surface area (Å²) in [6.45, 7) is 14.0. The van der Waals surface area contributed by atoms with E-state index in [-0.39, 0.29) is 11.9 Å². The van der Waals surface area contributed by atoms with Crippen LogP contribution in [0, 0.1) is 11.3 Å². The van der Waals surface area contributed by atoms with Crippen molar-refractivity contribution in [3.8, 4) is 0 Å².